The van der Waals surface area contributed by atoms with E-state index < -0.39 is 0 Å². The lowest BCUT2D eigenvalue weighted by Crippen LogP contribution is -2.59. The van der Waals surface area contributed by atoms with E-state index in [0.717, 1.165) is 42.5 Å². The van der Waals surface area contributed by atoms with Crippen LogP contribution in [-0.2, 0) is 11.2 Å². The van der Waals surface area contributed by atoms with Crippen LogP contribution in [0.15, 0.2) is 0 Å². The van der Waals surface area contributed by atoms with E-state index in [1.807, 2.05) is 0 Å². The lowest BCUT2D eigenvalue weighted by Gasteiger charge is -2.40. The zero-order valence-corrected chi connectivity index (χ0v) is 12.2. The van der Waals surface area contributed by atoms with Crippen molar-refractivity contribution in [1.82, 2.24) is 15.3 Å². The summed E-state index contributed by atoms with van der Waals surface area (Å²) in [5.74, 6) is 2.07. The van der Waals surface area contributed by atoms with Crippen LogP contribution in [-0.4, -0.2) is 41.6 Å². The first-order valence-corrected chi connectivity index (χ1v) is 7.30. The molecule has 1 fully saturated rings. The van der Waals surface area contributed by atoms with Gasteiger partial charge in [0, 0.05) is 25.6 Å². The number of aromatic nitrogens is 2. The highest BCUT2D eigenvalue weighted by Gasteiger charge is 2.37. The second kappa shape index (κ2) is 5.01. The molecule has 3 rings (SSSR count). The first kappa shape index (κ1) is 13.3. The highest BCUT2D eigenvalue weighted by Crippen LogP contribution is 2.34. The highest BCUT2D eigenvalue weighted by atomic mass is 16.2. The predicted molar refractivity (Wildman–Crippen MR) is 78.1 cm³/mol. The average molecular weight is 275 g/mol. The molecule has 0 aliphatic carbocycles. The number of aryl methyl sites for hydroxylation is 1. The number of hydrogen-bond acceptors (Lipinski definition) is 5. The third kappa shape index (κ3) is 2.04. The molecule has 6 heteroatoms. The van der Waals surface area contributed by atoms with Crippen molar-refractivity contribution in [2.24, 2.45) is 0 Å². The number of piperazine rings is 1. The molecule has 1 saturated heterocycles. The van der Waals surface area contributed by atoms with E-state index >= 15 is 0 Å². The Morgan fingerprint density at radius 3 is 2.90 bits per heavy atom. The molecule has 0 aromatic carbocycles. The first-order valence-electron chi connectivity index (χ1n) is 7.30. The van der Waals surface area contributed by atoms with Crippen LogP contribution in [0.4, 0.5) is 11.5 Å². The fraction of sp³-hybridized carbons (Fsp3) is 0.643. The molecule has 2 N–H and O–H groups in total. The summed E-state index contributed by atoms with van der Waals surface area (Å²) in [6.45, 7) is 8.61. The molecule has 20 heavy (non-hydrogen) atoms. The summed E-state index contributed by atoms with van der Waals surface area (Å²) in [6, 6.07) is -0.157. The minimum absolute atomic E-state index is 0.0419. The Bertz CT molecular complexity index is 543. The number of amides is 1. The van der Waals surface area contributed by atoms with Gasteiger partial charge >= 0.3 is 0 Å². The standard InChI is InChI=1S/C14H21N5O/c1-4-9-11-13(18-12(16-9)8(2)3)19-6-5-15-7-10(19)14(20)17-11/h8,10,15H,4-7H2,1-3H3,(H,17,20). The third-order valence-corrected chi connectivity index (χ3v) is 3.90. The fourth-order valence-corrected chi connectivity index (χ4v) is 2.76. The first-order chi connectivity index (χ1) is 9.61. The Balaban J connectivity index is 2.12. The van der Waals surface area contributed by atoms with Gasteiger partial charge in [0.2, 0.25) is 5.91 Å². The summed E-state index contributed by atoms with van der Waals surface area (Å²) in [5.41, 5.74) is 1.74. The van der Waals surface area contributed by atoms with Gasteiger partial charge in [0.15, 0.2) is 5.82 Å². The molecule has 0 bridgehead atoms. The van der Waals surface area contributed by atoms with E-state index in [2.05, 4.69) is 41.3 Å². The molecule has 1 atom stereocenters. The van der Waals surface area contributed by atoms with Crippen LogP contribution < -0.4 is 15.5 Å². The second-order valence-corrected chi connectivity index (χ2v) is 5.64. The van der Waals surface area contributed by atoms with Crippen LogP contribution in [0.2, 0.25) is 0 Å². The van der Waals surface area contributed by atoms with Crippen molar-refractivity contribution >= 4 is 17.4 Å². The van der Waals surface area contributed by atoms with Gasteiger partial charge in [-0.15, -0.1) is 0 Å². The maximum atomic E-state index is 12.2. The molecule has 2 aliphatic rings. The maximum absolute atomic E-state index is 12.2. The summed E-state index contributed by atoms with van der Waals surface area (Å²) in [5, 5.41) is 6.26. The smallest absolute Gasteiger partial charge is 0.248 e. The molecule has 0 saturated carbocycles. The second-order valence-electron chi connectivity index (χ2n) is 5.64. The summed E-state index contributed by atoms with van der Waals surface area (Å²) < 4.78 is 0. The minimum atomic E-state index is -0.157. The molecule has 0 spiro atoms. The molecule has 1 aromatic rings. The topological polar surface area (TPSA) is 70.1 Å². The Hall–Kier alpha value is -1.69. The zero-order valence-electron chi connectivity index (χ0n) is 12.2. The molecule has 2 aliphatic heterocycles. The van der Waals surface area contributed by atoms with Crippen molar-refractivity contribution in [3.05, 3.63) is 11.5 Å². The molecule has 108 valence electrons. The largest absolute Gasteiger partial charge is 0.340 e. The lowest BCUT2D eigenvalue weighted by molar-refractivity contribution is -0.117. The van der Waals surface area contributed by atoms with Gasteiger partial charge in [-0.25, -0.2) is 9.97 Å². The number of nitrogens with zero attached hydrogens (tertiary/aromatic N) is 3. The van der Waals surface area contributed by atoms with Crippen molar-refractivity contribution in [3.63, 3.8) is 0 Å². The molecule has 6 nitrogen and oxygen atoms in total. The van der Waals surface area contributed by atoms with Crippen LogP contribution in [0.5, 0.6) is 0 Å². The van der Waals surface area contributed by atoms with Crippen molar-refractivity contribution in [2.45, 2.75) is 39.2 Å². The summed E-state index contributed by atoms with van der Waals surface area (Å²) in [7, 11) is 0. The van der Waals surface area contributed by atoms with Gasteiger partial charge in [-0.2, -0.15) is 0 Å². The van der Waals surface area contributed by atoms with Gasteiger partial charge < -0.3 is 15.5 Å². The number of carbonyl (C=O) groups excluding carboxylic acids is 1. The van der Waals surface area contributed by atoms with Crippen molar-refractivity contribution in [1.29, 1.82) is 0 Å². The van der Waals surface area contributed by atoms with E-state index in [-0.39, 0.29) is 17.9 Å². The van der Waals surface area contributed by atoms with Crippen molar-refractivity contribution in [2.75, 3.05) is 29.9 Å². The fourth-order valence-electron chi connectivity index (χ4n) is 2.76. The molecular weight excluding hydrogens is 254 g/mol. The average Bonchev–Trinajstić information content (AvgIpc) is 2.46. The van der Waals surface area contributed by atoms with Crippen LogP contribution in [0.3, 0.4) is 0 Å². The molecular formula is C14H21N5O. The van der Waals surface area contributed by atoms with E-state index in [9.17, 15) is 4.79 Å². The predicted octanol–water partition coefficient (Wildman–Crippen LogP) is 0.893. The maximum Gasteiger partial charge on any atom is 0.248 e. The molecule has 1 aromatic heterocycles. The van der Waals surface area contributed by atoms with Crippen LogP contribution in [0.1, 0.15) is 38.2 Å². The molecule has 1 unspecified atom stereocenters. The van der Waals surface area contributed by atoms with E-state index in [1.54, 1.807) is 0 Å². The van der Waals surface area contributed by atoms with Gasteiger partial charge in [0.05, 0.1) is 5.69 Å². The molecule has 3 heterocycles. The summed E-state index contributed by atoms with van der Waals surface area (Å²) in [6.07, 6.45) is 0.793. The number of fused-ring (bicyclic) bond motifs is 3. The Morgan fingerprint density at radius 2 is 2.20 bits per heavy atom. The van der Waals surface area contributed by atoms with Crippen molar-refractivity contribution < 1.29 is 4.79 Å². The van der Waals surface area contributed by atoms with Gasteiger partial charge in [-0.3, -0.25) is 4.79 Å². The van der Waals surface area contributed by atoms with Crippen LogP contribution in [0.25, 0.3) is 0 Å². The monoisotopic (exact) mass is 275 g/mol. The quantitative estimate of drug-likeness (QED) is 0.839. The van der Waals surface area contributed by atoms with Gasteiger partial charge in [0.1, 0.15) is 17.6 Å². The normalized spacial score (nSPS) is 21.5. The highest BCUT2D eigenvalue weighted by molar-refractivity contribution is 6.03. The number of carbonyl (C=O) groups is 1. The minimum Gasteiger partial charge on any atom is -0.340 e. The summed E-state index contributed by atoms with van der Waals surface area (Å²) in [4.78, 5) is 23.7. The van der Waals surface area contributed by atoms with E-state index in [4.69, 9.17) is 4.98 Å². The Kier molecular flexibility index (Phi) is 3.33. The number of nitrogens with one attached hydrogen (secondary N) is 2. The van der Waals surface area contributed by atoms with Gasteiger partial charge in [0.25, 0.3) is 0 Å². The summed E-state index contributed by atoms with van der Waals surface area (Å²) >= 11 is 0. The SMILES string of the molecule is CCc1nc(C(C)C)nc2c1NC(=O)C1CNCCN21. The van der Waals surface area contributed by atoms with E-state index in [1.165, 1.54) is 0 Å². The zero-order chi connectivity index (χ0) is 14.3. The molecule has 0 radical (unpaired) electrons. The van der Waals surface area contributed by atoms with E-state index in [0.29, 0.717) is 6.54 Å². The van der Waals surface area contributed by atoms with Gasteiger partial charge in [-0.05, 0) is 6.42 Å². The molecule has 1 amide bonds. The Morgan fingerprint density at radius 1 is 1.40 bits per heavy atom. The Labute approximate surface area is 119 Å². The van der Waals surface area contributed by atoms with Crippen LogP contribution >= 0.6 is 0 Å². The van der Waals surface area contributed by atoms with Gasteiger partial charge in [-0.1, -0.05) is 20.8 Å². The van der Waals surface area contributed by atoms with Crippen LogP contribution in [0, 0.1) is 0 Å². The van der Waals surface area contributed by atoms with Crippen molar-refractivity contribution in [3.8, 4) is 0 Å². The number of rotatable bonds is 2. The number of anilines is 2. The lowest BCUT2D eigenvalue weighted by atomic mass is 10.1. The number of hydrogen-bond donors (Lipinski definition) is 2. The third-order valence-electron chi connectivity index (χ3n) is 3.90.